The van der Waals surface area contributed by atoms with E-state index in [1.807, 2.05) is 0 Å². The fourth-order valence-electron chi connectivity index (χ4n) is 1.95. The minimum Gasteiger partial charge on any atom is -0.470 e. The molecule has 0 radical (unpaired) electrons. The average molecular weight is 265 g/mol. The molecule has 1 amide bonds. The number of ether oxygens (including phenoxy) is 1. The van der Waals surface area contributed by atoms with Crippen molar-refractivity contribution in [3.63, 3.8) is 0 Å². The summed E-state index contributed by atoms with van der Waals surface area (Å²) in [7, 11) is -3.55. The quantitative estimate of drug-likeness (QED) is 0.716. The number of rotatable bonds is 0. The zero-order valence-electron chi connectivity index (χ0n) is 8.90. The second-order valence-electron chi connectivity index (χ2n) is 3.76. The molecule has 1 N–H and O–H groups in total. The van der Waals surface area contributed by atoms with E-state index in [1.165, 1.54) is 30.8 Å². The van der Waals surface area contributed by atoms with Crippen LogP contribution in [0.25, 0.3) is 0 Å². The minimum absolute atomic E-state index is 0.0106. The van der Waals surface area contributed by atoms with Gasteiger partial charge >= 0.3 is 6.09 Å². The minimum atomic E-state index is -3.55. The van der Waals surface area contributed by atoms with Gasteiger partial charge < -0.3 is 9.84 Å². The van der Waals surface area contributed by atoms with Crippen molar-refractivity contribution in [2.75, 3.05) is 0 Å². The summed E-state index contributed by atoms with van der Waals surface area (Å²) in [5.74, 6) is 0. The highest BCUT2D eigenvalue weighted by molar-refractivity contribution is 7.98. The molecule has 92 valence electrons. The smallest absolute Gasteiger partial charge is 0.416 e. The Morgan fingerprint density at radius 3 is 2.83 bits per heavy atom. The second kappa shape index (κ2) is 3.36. The van der Waals surface area contributed by atoms with Crippen molar-refractivity contribution in [3.05, 3.63) is 58.0 Å². The summed E-state index contributed by atoms with van der Waals surface area (Å²) in [5, 5.41) is 10.2. The van der Waals surface area contributed by atoms with Gasteiger partial charge in [-0.3, -0.25) is 0 Å². The van der Waals surface area contributed by atoms with Crippen LogP contribution in [-0.2, 0) is 14.6 Å². The van der Waals surface area contributed by atoms with E-state index in [0.29, 0.717) is 11.3 Å². The topological polar surface area (TPSA) is 83.9 Å². The molecule has 0 aromatic rings. The van der Waals surface area contributed by atoms with Gasteiger partial charge in [0.1, 0.15) is 6.26 Å². The predicted octanol–water partition coefficient (Wildman–Crippen LogP) is 1.45. The van der Waals surface area contributed by atoms with Gasteiger partial charge in [0.25, 0.3) is 0 Å². The first-order valence-corrected chi connectivity index (χ1v) is 6.50. The molecule has 18 heavy (non-hydrogen) atoms. The van der Waals surface area contributed by atoms with Crippen LogP contribution in [0.4, 0.5) is 4.79 Å². The molecule has 0 saturated heterocycles. The van der Waals surface area contributed by atoms with Crippen LogP contribution in [0, 0.1) is 0 Å². The van der Waals surface area contributed by atoms with Gasteiger partial charge in [-0.05, 0) is 18.2 Å². The standard InChI is InChI=1S/C11H7NO5S/c13-11(14)12-8-2-4-18(15,16)10(8)5-7-1-3-17-6-9(7)12/h1-6H,(H,13,14). The Balaban J connectivity index is 2.27. The number of amides is 1. The van der Waals surface area contributed by atoms with Crippen molar-refractivity contribution < 1.29 is 23.1 Å². The van der Waals surface area contributed by atoms with Gasteiger partial charge in [0.2, 0.25) is 9.84 Å². The van der Waals surface area contributed by atoms with E-state index in [0.717, 1.165) is 10.3 Å². The van der Waals surface area contributed by atoms with Gasteiger partial charge in [-0.25, -0.2) is 18.1 Å². The largest absolute Gasteiger partial charge is 0.470 e. The van der Waals surface area contributed by atoms with E-state index in [4.69, 9.17) is 4.74 Å². The maximum absolute atomic E-state index is 11.8. The van der Waals surface area contributed by atoms with E-state index in [-0.39, 0.29) is 10.6 Å². The molecule has 0 fully saturated rings. The molecule has 0 aromatic carbocycles. The molecule has 3 aliphatic heterocycles. The zero-order chi connectivity index (χ0) is 12.9. The maximum Gasteiger partial charge on any atom is 0.416 e. The van der Waals surface area contributed by atoms with Crippen molar-refractivity contribution in [3.8, 4) is 0 Å². The fraction of sp³-hybridized carbons (Fsp3) is 0. The van der Waals surface area contributed by atoms with Gasteiger partial charge in [0.05, 0.1) is 22.6 Å². The molecule has 3 rings (SSSR count). The van der Waals surface area contributed by atoms with E-state index in [9.17, 15) is 18.3 Å². The van der Waals surface area contributed by atoms with E-state index < -0.39 is 15.9 Å². The molecule has 0 aliphatic carbocycles. The number of nitrogens with zero attached hydrogens (tertiary/aromatic N) is 1. The van der Waals surface area contributed by atoms with Gasteiger partial charge in [-0.2, -0.15) is 0 Å². The molecule has 0 unspecified atom stereocenters. The fourth-order valence-corrected chi connectivity index (χ4v) is 3.14. The molecule has 0 aromatic heterocycles. The summed E-state index contributed by atoms with van der Waals surface area (Å²) in [4.78, 5) is 12.2. The van der Waals surface area contributed by atoms with Crippen molar-refractivity contribution in [2.24, 2.45) is 0 Å². The Bertz CT molecular complexity index is 706. The van der Waals surface area contributed by atoms with Crippen LogP contribution in [0.15, 0.2) is 58.0 Å². The maximum atomic E-state index is 11.8. The van der Waals surface area contributed by atoms with Crippen LogP contribution in [-0.4, -0.2) is 24.5 Å². The summed E-state index contributed by atoms with van der Waals surface area (Å²) in [5.41, 5.74) is 0.900. The van der Waals surface area contributed by atoms with Crippen molar-refractivity contribution in [1.82, 2.24) is 4.90 Å². The molecular formula is C11H7NO5S. The lowest BCUT2D eigenvalue weighted by Gasteiger charge is -2.28. The third-order valence-electron chi connectivity index (χ3n) is 2.73. The number of hydrogen-bond donors (Lipinski definition) is 1. The third kappa shape index (κ3) is 1.34. The van der Waals surface area contributed by atoms with Crippen molar-refractivity contribution in [2.45, 2.75) is 0 Å². The number of carboxylic acid groups (broad SMARTS) is 1. The Hall–Kier alpha value is -2.28. The first-order valence-electron chi connectivity index (χ1n) is 4.95. The molecule has 0 saturated carbocycles. The van der Waals surface area contributed by atoms with E-state index in [2.05, 4.69) is 0 Å². The number of allylic oxidation sites excluding steroid dienone is 3. The highest BCUT2D eigenvalue weighted by atomic mass is 32.2. The molecule has 0 bridgehead atoms. The van der Waals surface area contributed by atoms with Crippen LogP contribution >= 0.6 is 0 Å². The van der Waals surface area contributed by atoms with Crippen molar-refractivity contribution >= 4 is 15.9 Å². The van der Waals surface area contributed by atoms with E-state index >= 15 is 0 Å². The van der Waals surface area contributed by atoms with Crippen LogP contribution in [0.2, 0.25) is 0 Å². The lowest BCUT2D eigenvalue weighted by atomic mass is 10.1. The summed E-state index contributed by atoms with van der Waals surface area (Å²) >= 11 is 0. The van der Waals surface area contributed by atoms with Crippen LogP contribution in [0.5, 0.6) is 0 Å². The van der Waals surface area contributed by atoms with Gasteiger partial charge in [-0.15, -0.1) is 0 Å². The average Bonchev–Trinajstić information content (AvgIpc) is 2.62. The van der Waals surface area contributed by atoms with Crippen LogP contribution in [0.3, 0.4) is 0 Å². The van der Waals surface area contributed by atoms with Crippen LogP contribution in [0.1, 0.15) is 0 Å². The molecule has 0 spiro atoms. The Morgan fingerprint density at radius 2 is 2.11 bits per heavy atom. The summed E-state index contributed by atoms with van der Waals surface area (Å²) in [6.07, 6.45) is 5.58. The van der Waals surface area contributed by atoms with Gasteiger partial charge in [-0.1, -0.05) is 0 Å². The monoisotopic (exact) mass is 265 g/mol. The molecule has 6 nitrogen and oxygen atoms in total. The number of carbonyl (C=O) groups is 1. The lowest BCUT2D eigenvalue weighted by Crippen LogP contribution is -2.31. The van der Waals surface area contributed by atoms with Gasteiger partial charge in [0.15, 0.2) is 0 Å². The molecule has 3 aliphatic rings. The predicted molar refractivity (Wildman–Crippen MR) is 61.3 cm³/mol. The molecular weight excluding hydrogens is 258 g/mol. The number of hydrogen-bond acceptors (Lipinski definition) is 4. The first kappa shape index (κ1) is 10.8. The Labute approximate surface area is 102 Å². The summed E-state index contributed by atoms with van der Waals surface area (Å²) in [6, 6.07) is 0. The second-order valence-corrected chi connectivity index (χ2v) is 5.56. The highest BCUT2D eigenvalue weighted by Crippen LogP contribution is 2.38. The lowest BCUT2D eigenvalue weighted by molar-refractivity contribution is 0.168. The highest BCUT2D eigenvalue weighted by Gasteiger charge is 2.36. The SMILES string of the molecule is O=C(O)N1C2=COC=CC2=CC2=C1C=CS2(=O)=O. The number of fused-ring (bicyclic) bond motifs is 1. The molecule has 0 atom stereocenters. The normalized spacial score (nSPS) is 23.0. The van der Waals surface area contributed by atoms with Crippen LogP contribution < -0.4 is 0 Å². The first-order chi connectivity index (χ1) is 8.50. The summed E-state index contributed by atoms with van der Waals surface area (Å²) < 4.78 is 28.4. The Morgan fingerprint density at radius 1 is 1.33 bits per heavy atom. The number of sulfone groups is 1. The van der Waals surface area contributed by atoms with Crippen molar-refractivity contribution in [1.29, 1.82) is 0 Å². The third-order valence-corrected chi connectivity index (χ3v) is 4.16. The molecule has 7 heteroatoms. The van der Waals surface area contributed by atoms with E-state index in [1.54, 1.807) is 0 Å². The molecule has 3 heterocycles. The van der Waals surface area contributed by atoms with Gasteiger partial charge in [0, 0.05) is 11.0 Å². The zero-order valence-corrected chi connectivity index (χ0v) is 9.72. The Kier molecular flexibility index (Phi) is 2.02. The summed E-state index contributed by atoms with van der Waals surface area (Å²) in [6.45, 7) is 0.